The summed E-state index contributed by atoms with van der Waals surface area (Å²) in [6.45, 7) is 0.112. The Bertz CT molecular complexity index is 1020. The summed E-state index contributed by atoms with van der Waals surface area (Å²) in [7, 11) is 0. The van der Waals surface area contributed by atoms with E-state index in [1.165, 1.54) is 12.5 Å². The third-order valence-electron chi connectivity index (χ3n) is 4.97. The molecule has 1 heterocycles. The van der Waals surface area contributed by atoms with Crippen LogP contribution in [0, 0.1) is 0 Å². The Kier molecular flexibility index (Phi) is 12.7. The van der Waals surface area contributed by atoms with Crippen molar-refractivity contribution in [3.05, 3.63) is 18.2 Å². The first-order chi connectivity index (χ1) is 17.8. The van der Waals surface area contributed by atoms with E-state index in [2.05, 4.69) is 30.9 Å². The number of H-pyrrole nitrogens is 1. The van der Waals surface area contributed by atoms with Gasteiger partial charge in [-0.1, -0.05) is 0 Å². The van der Waals surface area contributed by atoms with E-state index >= 15 is 0 Å². The van der Waals surface area contributed by atoms with Crippen molar-refractivity contribution in [2.45, 2.75) is 56.3 Å². The van der Waals surface area contributed by atoms with Gasteiger partial charge in [-0.2, -0.15) is 0 Å². The molecule has 0 spiro atoms. The van der Waals surface area contributed by atoms with E-state index in [0.717, 1.165) is 0 Å². The molecule has 1 rings (SSSR count). The van der Waals surface area contributed by atoms with Crippen molar-refractivity contribution in [1.82, 2.24) is 25.9 Å². The third kappa shape index (κ3) is 11.8. The monoisotopic (exact) mass is 539 g/mol. The summed E-state index contributed by atoms with van der Waals surface area (Å²) in [4.78, 5) is 82.7. The van der Waals surface area contributed by atoms with Crippen LogP contribution in [0.25, 0.3) is 0 Å². The van der Waals surface area contributed by atoms with Crippen molar-refractivity contribution in [3.63, 3.8) is 0 Å². The molecule has 18 heteroatoms. The van der Waals surface area contributed by atoms with Gasteiger partial charge >= 0.3 is 5.97 Å². The molecule has 0 fully saturated rings. The van der Waals surface area contributed by atoms with Gasteiger partial charge in [0.05, 0.1) is 25.2 Å². The number of carbonyl (C=O) groups excluding carboxylic acids is 5. The number of carboxylic acid groups (broad SMARTS) is 1. The number of primary amides is 2. The molecular formula is C20H33N11O7. The van der Waals surface area contributed by atoms with Crippen molar-refractivity contribution >= 4 is 41.5 Å². The van der Waals surface area contributed by atoms with Crippen molar-refractivity contribution < 1.29 is 33.9 Å². The molecule has 5 amide bonds. The lowest BCUT2D eigenvalue weighted by Crippen LogP contribution is -2.58. The van der Waals surface area contributed by atoms with E-state index in [9.17, 15) is 33.9 Å². The number of hydrogen-bond acceptors (Lipinski definition) is 9. The number of aliphatic imine (C=N–C) groups is 1. The van der Waals surface area contributed by atoms with Crippen LogP contribution in [0.3, 0.4) is 0 Å². The molecule has 4 unspecified atom stereocenters. The Balaban J connectivity index is 3.12. The zero-order chi connectivity index (χ0) is 28.8. The molecule has 210 valence electrons. The van der Waals surface area contributed by atoms with Gasteiger partial charge in [0.15, 0.2) is 5.96 Å². The van der Waals surface area contributed by atoms with Crippen LogP contribution in [-0.2, 0) is 35.2 Å². The van der Waals surface area contributed by atoms with Gasteiger partial charge in [0.1, 0.15) is 18.1 Å². The number of aromatic nitrogens is 2. The highest BCUT2D eigenvalue weighted by Gasteiger charge is 2.31. The number of aliphatic carboxylic acids is 1. The minimum absolute atomic E-state index is 0.00450. The second kappa shape index (κ2) is 15.4. The smallest absolute Gasteiger partial charge is 0.326 e. The fourth-order valence-electron chi connectivity index (χ4n) is 3.13. The summed E-state index contributed by atoms with van der Waals surface area (Å²) >= 11 is 0. The van der Waals surface area contributed by atoms with Crippen molar-refractivity contribution in [2.24, 2.45) is 33.7 Å². The summed E-state index contributed by atoms with van der Waals surface area (Å²) in [5, 5.41) is 16.3. The van der Waals surface area contributed by atoms with Crippen LogP contribution in [0.1, 0.15) is 31.4 Å². The van der Waals surface area contributed by atoms with Gasteiger partial charge in [-0.15, -0.1) is 0 Å². The predicted octanol–water partition coefficient (Wildman–Crippen LogP) is -5.38. The quantitative estimate of drug-likeness (QED) is 0.0505. The second-order valence-corrected chi connectivity index (χ2v) is 8.20. The van der Waals surface area contributed by atoms with Gasteiger partial charge in [0.25, 0.3) is 0 Å². The summed E-state index contributed by atoms with van der Waals surface area (Å²) in [5.41, 5.74) is 26.7. The fourth-order valence-corrected chi connectivity index (χ4v) is 3.13. The van der Waals surface area contributed by atoms with Crippen LogP contribution >= 0.6 is 0 Å². The molecule has 0 aliphatic carbocycles. The Labute approximate surface area is 216 Å². The maximum atomic E-state index is 13.2. The molecular weight excluding hydrogens is 506 g/mol. The number of guanidine groups is 1. The summed E-state index contributed by atoms with van der Waals surface area (Å²) in [6, 6.07) is -5.61. The molecule has 0 saturated carbocycles. The van der Waals surface area contributed by atoms with Crippen LogP contribution in [-0.4, -0.2) is 87.3 Å². The second-order valence-electron chi connectivity index (χ2n) is 8.20. The number of carboxylic acids is 1. The number of imidazole rings is 1. The summed E-state index contributed by atoms with van der Waals surface area (Å²) < 4.78 is 0. The van der Waals surface area contributed by atoms with Crippen LogP contribution < -0.4 is 44.6 Å². The molecule has 38 heavy (non-hydrogen) atoms. The average molecular weight is 540 g/mol. The third-order valence-corrected chi connectivity index (χ3v) is 4.97. The highest BCUT2D eigenvalue weighted by atomic mass is 16.4. The Morgan fingerprint density at radius 3 is 2.00 bits per heavy atom. The van der Waals surface area contributed by atoms with Gasteiger partial charge < -0.3 is 54.7 Å². The van der Waals surface area contributed by atoms with E-state index < -0.39 is 72.5 Å². The van der Waals surface area contributed by atoms with Crippen LogP contribution in [0.2, 0.25) is 0 Å². The predicted molar refractivity (Wildman–Crippen MR) is 131 cm³/mol. The lowest BCUT2D eigenvalue weighted by molar-refractivity contribution is -0.143. The molecule has 4 atom stereocenters. The van der Waals surface area contributed by atoms with Crippen LogP contribution in [0.5, 0.6) is 0 Å². The maximum Gasteiger partial charge on any atom is 0.326 e. The van der Waals surface area contributed by atoms with Crippen molar-refractivity contribution in [2.75, 3.05) is 6.54 Å². The number of aromatic amines is 1. The summed E-state index contributed by atoms with van der Waals surface area (Å²) in [5.74, 6) is -6.14. The van der Waals surface area contributed by atoms with E-state index in [1.54, 1.807) is 0 Å². The Morgan fingerprint density at radius 1 is 0.895 bits per heavy atom. The molecule has 18 nitrogen and oxygen atoms in total. The summed E-state index contributed by atoms with van der Waals surface area (Å²) in [6.07, 6.45) is 1.60. The number of nitrogens with two attached hydrogens (primary N) is 5. The largest absolute Gasteiger partial charge is 0.480 e. The first kappa shape index (κ1) is 31.3. The number of amides is 5. The standard InChI is InChI=1S/C20H33N11O7/c21-10(5-14(22)32)16(34)29-11(2-1-3-27-20(24)25)17(35)30-12(4-9-7-26-8-28-9)18(36)31-13(19(37)38)6-15(23)33/h7-8,10-13H,1-6,21H2,(H2,22,32)(H2,23,33)(H,26,28)(H,29,34)(H,30,35)(H,31,36)(H,37,38)(H4,24,25,27). The van der Waals surface area contributed by atoms with Crippen LogP contribution in [0.15, 0.2) is 17.5 Å². The van der Waals surface area contributed by atoms with Gasteiger partial charge in [-0.25, -0.2) is 9.78 Å². The molecule has 0 aliphatic heterocycles. The van der Waals surface area contributed by atoms with E-state index in [-0.39, 0.29) is 31.8 Å². The number of nitrogens with zero attached hydrogens (tertiary/aromatic N) is 2. The van der Waals surface area contributed by atoms with Gasteiger partial charge in [0, 0.05) is 24.9 Å². The average Bonchev–Trinajstić information content (AvgIpc) is 3.32. The van der Waals surface area contributed by atoms with E-state index in [0.29, 0.717) is 5.69 Å². The number of nitrogens with one attached hydrogen (secondary N) is 4. The first-order valence-corrected chi connectivity index (χ1v) is 11.3. The molecule has 15 N–H and O–H groups in total. The molecule has 0 aromatic carbocycles. The minimum atomic E-state index is -1.65. The van der Waals surface area contributed by atoms with Gasteiger partial charge in [-0.05, 0) is 12.8 Å². The van der Waals surface area contributed by atoms with Crippen LogP contribution in [0.4, 0.5) is 0 Å². The molecule has 0 bridgehead atoms. The number of rotatable bonds is 17. The first-order valence-electron chi connectivity index (χ1n) is 11.3. The number of carbonyl (C=O) groups is 6. The van der Waals surface area contributed by atoms with E-state index in [1.807, 2.05) is 0 Å². The molecule has 1 aromatic rings. The topological polar surface area (TPSA) is 330 Å². The fraction of sp³-hybridized carbons (Fsp3) is 0.500. The minimum Gasteiger partial charge on any atom is -0.480 e. The highest BCUT2D eigenvalue weighted by Crippen LogP contribution is 2.05. The highest BCUT2D eigenvalue weighted by molar-refractivity contribution is 5.95. The lowest BCUT2D eigenvalue weighted by Gasteiger charge is -2.25. The van der Waals surface area contributed by atoms with Gasteiger partial charge in [0.2, 0.25) is 29.5 Å². The molecule has 0 saturated heterocycles. The van der Waals surface area contributed by atoms with E-state index in [4.69, 9.17) is 28.7 Å². The molecule has 0 aliphatic rings. The zero-order valence-electron chi connectivity index (χ0n) is 20.4. The number of hydrogen-bond donors (Lipinski definition) is 10. The van der Waals surface area contributed by atoms with Crippen molar-refractivity contribution in [1.29, 1.82) is 0 Å². The molecule has 1 aromatic heterocycles. The Hall–Kier alpha value is -4.74. The lowest BCUT2D eigenvalue weighted by atomic mass is 10.1. The normalized spacial score (nSPS) is 13.7. The maximum absolute atomic E-state index is 13.2. The SMILES string of the molecule is NC(=O)CC(N)C(=O)NC(CCCN=C(N)N)C(=O)NC(Cc1cnc[nH]1)C(=O)NC(CC(N)=O)C(=O)O. The molecule has 0 radical (unpaired) electrons. The van der Waals surface area contributed by atoms with Crippen molar-refractivity contribution in [3.8, 4) is 0 Å². The zero-order valence-corrected chi connectivity index (χ0v) is 20.4. The van der Waals surface area contributed by atoms with Gasteiger partial charge in [-0.3, -0.25) is 29.0 Å². The Morgan fingerprint density at radius 2 is 1.47 bits per heavy atom.